The maximum atomic E-state index is 2.39. The third kappa shape index (κ3) is 7.19. The van der Waals surface area contributed by atoms with Gasteiger partial charge in [-0.25, -0.2) is 0 Å². The molecule has 0 spiro atoms. The minimum absolute atomic E-state index is 1.00. The fraction of sp³-hybridized carbons (Fsp3) is 0.235. The molecule has 0 N–H and O–H groups in total. The van der Waals surface area contributed by atoms with Crippen molar-refractivity contribution in [3.05, 3.63) is 121 Å². The van der Waals surface area contributed by atoms with Crippen molar-refractivity contribution in [1.29, 1.82) is 0 Å². The molecule has 0 unspecified atom stereocenters. The Morgan fingerprint density at radius 1 is 0.553 bits per heavy atom. The second-order valence-corrected chi connectivity index (χ2v) is 10.00. The van der Waals surface area contributed by atoms with E-state index in [-0.39, 0.29) is 0 Å². The Hall–Kier alpha value is -4.18. The lowest BCUT2D eigenvalue weighted by Crippen LogP contribution is -2.37. The molecule has 4 aromatic rings. The van der Waals surface area contributed by atoms with Crippen molar-refractivity contribution < 1.29 is 9.13 Å². The van der Waals surface area contributed by atoms with Crippen molar-refractivity contribution in [1.82, 2.24) is 9.80 Å². The molecule has 4 nitrogen and oxygen atoms in total. The van der Waals surface area contributed by atoms with Crippen molar-refractivity contribution in [2.75, 3.05) is 28.2 Å². The van der Waals surface area contributed by atoms with Gasteiger partial charge in [-0.1, -0.05) is 48.6 Å². The molecule has 0 atom stereocenters. The standard InChI is InChI=1S/C34H40N4/c1-35(2)23-11-9-15-29-21-27-37(33-19-7-5-17-31(29)33)25-13-14-26-38-28-22-30(16-10-12-24-36(3)4)32-18-6-8-20-34(32)38/h5-12,15-24,27-28H,13-14,25-26H2,1-4H3/q+2. The number of benzene rings is 2. The van der Waals surface area contributed by atoms with Crippen LogP contribution in [0.15, 0.2) is 110 Å². The first-order chi connectivity index (χ1) is 18.5. The van der Waals surface area contributed by atoms with E-state index in [2.05, 4.69) is 131 Å². The predicted octanol–water partition coefficient (Wildman–Crippen LogP) is 6.23. The molecule has 2 aromatic heterocycles. The van der Waals surface area contributed by atoms with Gasteiger partial charge in [-0.15, -0.1) is 0 Å². The SMILES string of the molecule is CN(C)C=CC=Cc1cc[n+](CCCC[n+]2ccc(C=CC=CN(C)C)c3ccccc32)c2ccccc12. The number of aromatic nitrogens is 2. The fourth-order valence-corrected chi connectivity index (χ4v) is 4.62. The highest BCUT2D eigenvalue weighted by molar-refractivity contribution is 5.86. The molecule has 0 bridgehead atoms. The second kappa shape index (κ2) is 13.4. The summed E-state index contributed by atoms with van der Waals surface area (Å²) in [5.74, 6) is 0. The summed E-state index contributed by atoms with van der Waals surface area (Å²) in [7, 11) is 8.13. The first kappa shape index (κ1) is 26.9. The number of pyridine rings is 2. The monoisotopic (exact) mass is 504 g/mol. The fourth-order valence-electron chi connectivity index (χ4n) is 4.62. The molecule has 0 aliphatic carbocycles. The topological polar surface area (TPSA) is 14.2 Å². The van der Waals surface area contributed by atoms with Crippen LogP contribution in [-0.4, -0.2) is 38.0 Å². The van der Waals surface area contributed by atoms with E-state index in [9.17, 15) is 0 Å². The smallest absolute Gasteiger partial charge is 0.213 e. The Kier molecular flexibility index (Phi) is 9.47. The number of nitrogens with zero attached hydrogens (tertiary/aromatic N) is 4. The van der Waals surface area contributed by atoms with Crippen molar-refractivity contribution >= 4 is 34.0 Å². The molecule has 0 aliphatic rings. The van der Waals surface area contributed by atoms with Gasteiger partial charge in [0.1, 0.15) is 13.1 Å². The van der Waals surface area contributed by atoms with E-state index in [0.29, 0.717) is 0 Å². The van der Waals surface area contributed by atoms with Gasteiger partial charge in [-0.3, -0.25) is 0 Å². The number of hydrogen-bond acceptors (Lipinski definition) is 2. The first-order valence-corrected chi connectivity index (χ1v) is 13.4. The Bertz CT molecular complexity index is 1360. The van der Waals surface area contributed by atoms with Crippen molar-refractivity contribution in [3.63, 3.8) is 0 Å². The molecular weight excluding hydrogens is 464 g/mol. The normalized spacial score (nSPS) is 12.2. The van der Waals surface area contributed by atoms with Crippen LogP contribution >= 0.6 is 0 Å². The van der Waals surface area contributed by atoms with Crippen LogP contribution in [0.4, 0.5) is 0 Å². The van der Waals surface area contributed by atoms with E-state index in [1.54, 1.807) is 0 Å². The predicted molar refractivity (Wildman–Crippen MR) is 161 cm³/mol. The summed E-state index contributed by atoms with van der Waals surface area (Å²) in [6.45, 7) is 2.01. The van der Waals surface area contributed by atoms with E-state index >= 15 is 0 Å². The summed E-state index contributed by atoms with van der Waals surface area (Å²) in [6, 6.07) is 21.9. The van der Waals surface area contributed by atoms with E-state index in [0.717, 1.165) is 25.9 Å². The lowest BCUT2D eigenvalue weighted by molar-refractivity contribution is -0.683. The van der Waals surface area contributed by atoms with Crippen molar-refractivity contribution in [3.8, 4) is 0 Å². The number of para-hydroxylation sites is 2. The van der Waals surface area contributed by atoms with Gasteiger partial charge in [-0.05, 0) is 47.8 Å². The number of aryl methyl sites for hydroxylation is 2. The molecule has 0 saturated heterocycles. The highest BCUT2D eigenvalue weighted by atomic mass is 15.0. The number of hydrogen-bond donors (Lipinski definition) is 0. The van der Waals surface area contributed by atoms with Gasteiger partial charge < -0.3 is 9.80 Å². The highest BCUT2D eigenvalue weighted by Crippen LogP contribution is 2.18. The molecule has 0 saturated carbocycles. The lowest BCUT2D eigenvalue weighted by Gasteiger charge is -2.06. The molecule has 0 fully saturated rings. The number of rotatable bonds is 11. The van der Waals surface area contributed by atoms with Gasteiger partial charge in [0.05, 0.1) is 10.8 Å². The van der Waals surface area contributed by atoms with Crippen LogP contribution in [0.3, 0.4) is 0 Å². The number of fused-ring (bicyclic) bond motifs is 2. The second-order valence-electron chi connectivity index (χ2n) is 10.00. The Balaban J connectivity index is 1.44. The molecule has 0 amide bonds. The minimum Gasteiger partial charge on any atom is -0.383 e. The van der Waals surface area contributed by atoms with Gasteiger partial charge in [0.2, 0.25) is 11.0 Å². The van der Waals surface area contributed by atoms with Crippen LogP contribution in [0.2, 0.25) is 0 Å². The summed E-state index contributed by atoms with van der Waals surface area (Å²) in [6.07, 6.45) is 23.5. The highest BCUT2D eigenvalue weighted by Gasteiger charge is 2.13. The van der Waals surface area contributed by atoms with Crippen LogP contribution in [0.5, 0.6) is 0 Å². The van der Waals surface area contributed by atoms with Crippen LogP contribution in [0.25, 0.3) is 34.0 Å². The Morgan fingerprint density at radius 3 is 1.39 bits per heavy atom. The molecule has 4 rings (SSSR count). The summed E-state index contributed by atoms with van der Waals surface area (Å²) < 4.78 is 4.78. The molecule has 194 valence electrons. The van der Waals surface area contributed by atoms with Crippen LogP contribution in [-0.2, 0) is 13.1 Å². The maximum absolute atomic E-state index is 2.39. The van der Waals surface area contributed by atoms with Crippen LogP contribution < -0.4 is 9.13 Å². The van der Waals surface area contributed by atoms with Crippen LogP contribution in [0, 0.1) is 0 Å². The molecule has 2 heterocycles. The summed E-state index contributed by atoms with van der Waals surface area (Å²) in [4.78, 5) is 4.08. The molecule has 0 aliphatic heterocycles. The van der Waals surface area contributed by atoms with Crippen molar-refractivity contribution in [2.45, 2.75) is 25.9 Å². The van der Waals surface area contributed by atoms with Gasteiger partial charge in [-0.2, -0.15) is 9.13 Å². The zero-order valence-corrected chi connectivity index (χ0v) is 23.2. The molecule has 2 aromatic carbocycles. The number of unbranched alkanes of at least 4 members (excludes halogenated alkanes) is 1. The Labute approximate surface area is 227 Å². The third-order valence-corrected chi connectivity index (χ3v) is 6.51. The van der Waals surface area contributed by atoms with Crippen LogP contribution in [0.1, 0.15) is 24.0 Å². The van der Waals surface area contributed by atoms with Gasteiger partial charge in [0, 0.05) is 65.3 Å². The average molecular weight is 505 g/mol. The largest absolute Gasteiger partial charge is 0.383 e. The molecule has 38 heavy (non-hydrogen) atoms. The number of allylic oxidation sites excluding steroid dienone is 4. The van der Waals surface area contributed by atoms with E-state index in [4.69, 9.17) is 0 Å². The zero-order chi connectivity index (χ0) is 26.7. The summed E-state index contributed by atoms with van der Waals surface area (Å²) in [5.41, 5.74) is 5.05. The summed E-state index contributed by atoms with van der Waals surface area (Å²) in [5, 5.41) is 2.57. The van der Waals surface area contributed by atoms with Crippen molar-refractivity contribution in [2.24, 2.45) is 0 Å². The van der Waals surface area contributed by atoms with Gasteiger partial charge in [0.15, 0.2) is 12.4 Å². The van der Waals surface area contributed by atoms with Gasteiger partial charge >= 0.3 is 0 Å². The maximum Gasteiger partial charge on any atom is 0.213 e. The first-order valence-electron chi connectivity index (χ1n) is 13.4. The van der Waals surface area contributed by atoms with E-state index < -0.39 is 0 Å². The minimum atomic E-state index is 1.00. The average Bonchev–Trinajstić information content (AvgIpc) is 2.92. The quantitative estimate of drug-likeness (QED) is 0.137. The zero-order valence-electron chi connectivity index (χ0n) is 23.2. The Morgan fingerprint density at radius 2 is 0.974 bits per heavy atom. The molecule has 4 heteroatoms. The van der Waals surface area contributed by atoms with Gasteiger partial charge in [0.25, 0.3) is 0 Å². The van der Waals surface area contributed by atoms with E-state index in [1.165, 1.54) is 32.9 Å². The van der Waals surface area contributed by atoms with E-state index in [1.807, 2.05) is 38.0 Å². The summed E-state index contributed by atoms with van der Waals surface area (Å²) >= 11 is 0. The molecule has 0 radical (unpaired) electrons. The third-order valence-electron chi connectivity index (χ3n) is 6.51. The lowest BCUT2D eigenvalue weighted by atomic mass is 10.1. The molecular formula is C34H40N4+2.